The highest BCUT2D eigenvalue weighted by Crippen LogP contribution is 2.27. The molecule has 0 saturated carbocycles. The second kappa shape index (κ2) is 7.98. The van der Waals surface area contributed by atoms with E-state index in [4.69, 9.17) is 16.3 Å². The molecule has 1 amide bonds. The third-order valence-corrected chi connectivity index (χ3v) is 6.53. The number of amides is 1. The second-order valence-electron chi connectivity index (χ2n) is 4.80. The highest BCUT2D eigenvalue weighted by molar-refractivity contribution is 7.91. The number of ether oxygens (including phenoxy) is 1. The minimum Gasteiger partial charge on any atom is -0.495 e. The first-order valence-corrected chi connectivity index (χ1v) is 9.75. The van der Waals surface area contributed by atoms with Crippen LogP contribution < -0.4 is 14.8 Å². The number of sulfonamides is 1. The second-order valence-corrected chi connectivity index (χ2v) is 8.37. The lowest BCUT2D eigenvalue weighted by atomic mass is 10.3. The molecule has 2 N–H and O–H groups in total. The molecule has 0 aliphatic rings. The van der Waals surface area contributed by atoms with E-state index in [9.17, 15) is 13.2 Å². The summed E-state index contributed by atoms with van der Waals surface area (Å²) in [5.41, 5.74) is 0.453. The highest BCUT2D eigenvalue weighted by Gasteiger charge is 2.18. The molecule has 1 aromatic heterocycles. The summed E-state index contributed by atoms with van der Waals surface area (Å²) in [6.07, 6.45) is 0.763. The molecule has 9 heteroatoms. The Labute approximate surface area is 149 Å². The molecular weight excluding hydrogens is 372 g/mol. The van der Waals surface area contributed by atoms with Gasteiger partial charge in [0, 0.05) is 10.6 Å². The van der Waals surface area contributed by atoms with Crippen LogP contribution in [0.4, 0.5) is 5.69 Å². The van der Waals surface area contributed by atoms with Gasteiger partial charge in [0.15, 0.2) is 0 Å². The average molecular weight is 389 g/mol. The predicted octanol–water partition coefficient (Wildman–Crippen LogP) is 2.89. The van der Waals surface area contributed by atoms with Gasteiger partial charge in [0.05, 0.1) is 18.7 Å². The molecule has 0 atom stereocenters. The van der Waals surface area contributed by atoms with Gasteiger partial charge in [0.1, 0.15) is 9.96 Å². The quantitative estimate of drug-likeness (QED) is 0.763. The standard InChI is InChI=1S/C15H17ClN2O4S2/c1-3-11-5-7-15(23-11)24(20,21)17-9-14(19)18-10-4-6-13(22-2)12(16)8-10/h4-8,17H,3,9H2,1-2H3,(H,18,19). The number of nitrogens with one attached hydrogen (secondary N) is 2. The molecule has 0 fully saturated rings. The molecule has 0 unspecified atom stereocenters. The van der Waals surface area contributed by atoms with Gasteiger partial charge in [-0.1, -0.05) is 18.5 Å². The highest BCUT2D eigenvalue weighted by atomic mass is 35.5. The number of benzene rings is 1. The summed E-state index contributed by atoms with van der Waals surface area (Å²) < 4.78 is 31.8. The van der Waals surface area contributed by atoms with E-state index in [1.807, 2.05) is 6.92 Å². The zero-order valence-electron chi connectivity index (χ0n) is 13.1. The van der Waals surface area contributed by atoms with Gasteiger partial charge in [-0.15, -0.1) is 11.3 Å². The number of halogens is 1. The van der Waals surface area contributed by atoms with Crippen molar-refractivity contribution in [2.24, 2.45) is 0 Å². The van der Waals surface area contributed by atoms with Gasteiger partial charge in [-0.05, 0) is 36.8 Å². The van der Waals surface area contributed by atoms with Crippen LogP contribution in [0, 0.1) is 0 Å². The van der Waals surface area contributed by atoms with E-state index in [0.717, 1.165) is 11.3 Å². The Morgan fingerprint density at radius 2 is 2.04 bits per heavy atom. The molecule has 24 heavy (non-hydrogen) atoms. The lowest BCUT2D eigenvalue weighted by Gasteiger charge is -2.09. The van der Waals surface area contributed by atoms with E-state index in [0.29, 0.717) is 16.5 Å². The Bertz CT molecular complexity index is 834. The molecule has 2 rings (SSSR count). The molecule has 0 aliphatic heterocycles. The zero-order valence-corrected chi connectivity index (χ0v) is 15.5. The van der Waals surface area contributed by atoms with Gasteiger partial charge in [0.2, 0.25) is 5.91 Å². The van der Waals surface area contributed by atoms with E-state index < -0.39 is 15.9 Å². The van der Waals surface area contributed by atoms with E-state index >= 15 is 0 Å². The van der Waals surface area contributed by atoms with Crippen molar-refractivity contribution in [3.05, 3.63) is 40.2 Å². The minimum atomic E-state index is -3.69. The van der Waals surface area contributed by atoms with E-state index in [2.05, 4.69) is 10.0 Å². The van der Waals surface area contributed by atoms with Gasteiger partial charge in [0.25, 0.3) is 10.0 Å². The summed E-state index contributed by atoms with van der Waals surface area (Å²) in [4.78, 5) is 12.9. The molecule has 1 aromatic carbocycles. The fourth-order valence-electron chi connectivity index (χ4n) is 1.87. The average Bonchev–Trinajstić information content (AvgIpc) is 3.03. The smallest absolute Gasteiger partial charge is 0.250 e. The maximum atomic E-state index is 12.1. The van der Waals surface area contributed by atoms with Crippen LogP contribution in [0.25, 0.3) is 0 Å². The predicted molar refractivity (Wildman–Crippen MR) is 95.5 cm³/mol. The van der Waals surface area contributed by atoms with Crippen LogP contribution >= 0.6 is 22.9 Å². The van der Waals surface area contributed by atoms with Crippen LogP contribution in [0.2, 0.25) is 5.02 Å². The number of aryl methyl sites for hydroxylation is 1. The van der Waals surface area contributed by atoms with E-state index in [-0.39, 0.29) is 10.8 Å². The normalized spacial score (nSPS) is 11.3. The largest absolute Gasteiger partial charge is 0.495 e. The molecule has 130 valence electrons. The summed E-state index contributed by atoms with van der Waals surface area (Å²) >= 11 is 7.16. The fraction of sp³-hybridized carbons (Fsp3) is 0.267. The van der Waals surface area contributed by atoms with Crippen LogP contribution in [0.3, 0.4) is 0 Å². The van der Waals surface area contributed by atoms with Crippen molar-refractivity contribution in [3.63, 3.8) is 0 Å². The first-order valence-electron chi connectivity index (χ1n) is 7.07. The van der Waals surface area contributed by atoms with Crippen molar-refractivity contribution >= 4 is 44.6 Å². The van der Waals surface area contributed by atoms with Gasteiger partial charge in [-0.2, -0.15) is 0 Å². The zero-order chi connectivity index (χ0) is 17.7. The molecule has 1 heterocycles. The number of hydrogen-bond acceptors (Lipinski definition) is 5. The molecule has 2 aromatic rings. The van der Waals surface area contributed by atoms with E-state index in [1.54, 1.807) is 18.2 Å². The number of thiophene rings is 1. The van der Waals surface area contributed by atoms with E-state index in [1.165, 1.54) is 30.6 Å². The van der Waals surface area contributed by atoms with Crippen LogP contribution in [-0.4, -0.2) is 28.0 Å². The molecular formula is C15H17ClN2O4S2. The number of anilines is 1. The SMILES string of the molecule is CCc1ccc(S(=O)(=O)NCC(=O)Nc2ccc(OC)c(Cl)c2)s1. The Kier molecular flexibility index (Phi) is 6.22. The van der Waals surface area contributed by atoms with Crippen molar-refractivity contribution in [2.75, 3.05) is 19.0 Å². The Morgan fingerprint density at radius 1 is 1.29 bits per heavy atom. The third kappa shape index (κ3) is 4.70. The summed E-state index contributed by atoms with van der Waals surface area (Å²) in [6.45, 7) is 1.58. The summed E-state index contributed by atoms with van der Waals surface area (Å²) in [5, 5.41) is 2.92. The van der Waals surface area contributed by atoms with Crippen molar-refractivity contribution in [3.8, 4) is 5.75 Å². The van der Waals surface area contributed by atoms with Crippen molar-refractivity contribution in [1.82, 2.24) is 4.72 Å². The number of carbonyl (C=O) groups excluding carboxylic acids is 1. The molecule has 0 bridgehead atoms. The number of methoxy groups -OCH3 is 1. The maximum absolute atomic E-state index is 12.1. The van der Waals surface area contributed by atoms with Gasteiger partial charge >= 0.3 is 0 Å². The van der Waals surface area contributed by atoms with Crippen molar-refractivity contribution < 1.29 is 17.9 Å². The summed E-state index contributed by atoms with van der Waals surface area (Å²) in [7, 11) is -2.21. The van der Waals surface area contributed by atoms with Gasteiger partial charge < -0.3 is 10.1 Å². The van der Waals surface area contributed by atoms with Crippen LogP contribution in [0.1, 0.15) is 11.8 Å². The Morgan fingerprint density at radius 3 is 2.62 bits per heavy atom. The lowest BCUT2D eigenvalue weighted by Crippen LogP contribution is -2.32. The van der Waals surface area contributed by atoms with Crippen molar-refractivity contribution in [2.45, 2.75) is 17.6 Å². The molecule has 0 saturated heterocycles. The van der Waals surface area contributed by atoms with Crippen LogP contribution in [0.15, 0.2) is 34.5 Å². The van der Waals surface area contributed by atoms with Gasteiger partial charge in [-0.25, -0.2) is 13.1 Å². The molecule has 6 nitrogen and oxygen atoms in total. The summed E-state index contributed by atoms with van der Waals surface area (Å²) in [6, 6.07) is 8.05. The first-order chi connectivity index (χ1) is 11.4. The third-order valence-electron chi connectivity index (χ3n) is 3.11. The van der Waals surface area contributed by atoms with Crippen LogP contribution in [0.5, 0.6) is 5.75 Å². The summed E-state index contributed by atoms with van der Waals surface area (Å²) in [5.74, 6) is -0.00753. The fourth-order valence-corrected chi connectivity index (χ4v) is 4.45. The lowest BCUT2D eigenvalue weighted by molar-refractivity contribution is -0.115. The molecule has 0 aliphatic carbocycles. The van der Waals surface area contributed by atoms with Crippen LogP contribution in [-0.2, 0) is 21.2 Å². The number of rotatable bonds is 7. The number of hydrogen-bond donors (Lipinski definition) is 2. The minimum absolute atomic E-state index is 0.194. The molecule has 0 radical (unpaired) electrons. The molecule has 0 spiro atoms. The maximum Gasteiger partial charge on any atom is 0.250 e. The van der Waals surface area contributed by atoms with Gasteiger partial charge in [-0.3, -0.25) is 4.79 Å². The number of carbonyl (C=O) groups is 1. The van der Waals surface area contributed by atoms with Crippen molar-refractivity contribution in [1.29, 1.82) is 0 Å². The first kappa shape index (κ1) is 18.7. The monoisotopic (exact) mass is 388 g/mol. The Balaban J connectivity index is 1.96. The topological polar surface area (TPSA) is 84.5 Å². The Hall–Kier alpha value is -1.61.